The van der Waals surface area contributed by atoms with Crippen molar-refractivity contribution < 1.29 is 19.4 Å². The monoisotopic (exact) mass is 272 g/mol. The Morgan fingerprint density at radius 1 is 1.47 bits per heavy atom. The van der Waals surface area contributed by atoms with E-state index < -0.39 is 12.0 Å². The summed E-state index contributed by atoms with van der Waals surface area (Å²) < 4.78 is 5.65. The first-order chi connectivity index (χ1) is 9.08. The summed E-state index contributed by atoms with van der Waals surface area (Å²) in [6.07, 6.45) is 3.26. The normalized spacial score (nSPS) is 20.9. The third-order valence-electron chi connectivity index (χ3n) is 3.23. The van der Waals surface area contributed by atoms with Crippen LogP contribution in [0.15, 0.2) is 0 Å². The summed E-state index contributed by atoms with van der Waals surface area (Å²) in [5.41, 5.74) is 0. The van der Waals surface area contributed by atoms with E-state index in [4.69, 9.17) is 9.84 Å². The average Bonchev–Trinajstić information content (AvgIpc) is 2.42. The van der Waals surface area contributed by atoms with Crippen LogP contribution in [0, 0.1) is 0 Å². The SMILES string of the molecule is CCCOC1CCCN(C(=O)N[C@@H](CC)C(=O)O)C1. The number of carboxylic acids is 1. The average molecular weight is 272 g/mol. The minimum atomic E-state index is -0.994. The molecule has 6 heteroatoms. The van der Waals surface area contributed by atoms with Crippen molar-refractivity contribution in [2.75, 3.05) is 19.7 Å². The number of hydrogen-bond donors (Lipinski definition) is 2. The van der Waals surface area contributed by atoms with Gasteiger partial charge in [0.1, 0.15) is 6.04 Å². The predicted octanol–water partition coefficient (Wildman–Crippen LogP) is 1.45. The van der Waals surface area contributed by atoms with Gasteiger partial charge in [-0.05, 0) is 25.7 Å². The highest BCUT2D eigenvalue weighted by atomic mass is 16.5. The third-order valence-corrected chi connectivity index (χ3v) is 3.23. The van der Waals surface area contributed by atoms with Gasteiger partial charge in [-0.2, -0.15) is 0 Å². The smallest absolute Gasteiger partial charge is 0.326 e. The summed E-state index contributed by atoms with van der Waals surface area (Å²) in [6, 6.07) is -1.12. The summed E-state index contributed by atoms with van der Waals surface area (Å²) in [4.78, 5) is 24.5. The Morgan fingerprint density at radius 3 is 2.79 bits per heavy atom. The highest BCUT2D eigenvalue weighted by molar-refractivity contribution is 5.82. The minimum Gasteiger partial charge on any atom is -0.480 e. The van der Waals surface area contributed by atoms with Gasteiger partial charge in [0.05, 0.1) is 6.10 Å². The third kappa shape index (κ3) is 5.06. The molecule has 2 N–H and O–H groups in total. The number of nitrogens with zero attached hydrogens (tertiary/aromatic N) is 1. The molecule has 6 nitrogen and oxygen atoms in total. The van der Waals surface area contributed by atoms with E-state index in [0.29, 0.717) is 26.1 Å². The molecule has 1 unspecified atom stereocenters. The minimum absolute atomic E-state index is 0.0735. The largest absolute Gasteiger partial charge is 0.480 e. The van der Waals surface area contributed by atoms with E-state index in [1.807, 2.05) is 6.92 Å². The highest BCUT2D eigenvalue weighted by Gasteiger charge is 2.26. The van der Waals surface area contributed by atoms with E-state index in [1.165, 1.54) is 0 Å². The molecule has 0 aliphatic carbocycles. The molecule has 0 saturated carbocycles. The standard InChI is InChI=1S/C13H24N2O4/c1-3-8-19-10-6-5-7-15(9-10)13(18)14-11(4-2)12(16)17/h10-11H,3-9H2,1-2H3,(H,14,18)(H,16,17)/t10?,11-/m0/s1. The lowest BCUT2D eigenvalue weighted by Gasteiger charge is -2.33. The van der Waals surface area contributed by atoms with Gasteiger partial charge >= 0.3 is 12.0 Å². The number of nitrogens with one attached hydrogen (secondary N) is 1. The first-order valence-electron chi connectivity index (χ1n) is 6.98. The molecular weight excluding hydrogens is 248 g/mol. The quantitative estimate of drug-likeness (QED) is 0.767. The van der Waals surface area contributed by atoms with Gasteiger partial charge in [0.25, 0.3) is 0 Å². The summed E-state index contributed by atoms with van der Waals surface area (Å²) in [5, 5.41) is 11.5. The van der Waals surface area contributed by atoms with Crippen LogP contribution in [0.4, 0.5) is 4.79 Å². The van der Waals surface area contributed by atoms with Crippen LogP contribution in [0.1, 0.15) is 39.5 Å². The van der Waals surface area contributed by atoms with Crippen molar-refractivity contribution in [2.24, 2.45) is 0 Å². The van der Waals surface area contributed by atoms with Gasteiger partial charge in [-0.3, -0.25) is 0 Å². The fourth-order valence-corrected chi connectivity index (χ4v) is 2.12. The van der Waals surface area contributed by atoms with E-state index in [1.54, 1.807) is 11.8 Å². The van der Waals surface area contributed by atoms with Gasteiger partial charge in [-0.25, -0.2) is 9.59 Å². The second-order valence-electron chi connectivity index (χ2n) is 4.83. The Balaban J connectivity index is 2.45. The van der Waals surface area contributed by atoms with Gasteiger partial charge in [0.2, 0.25) is 0 Å². The molecule has 0 spiro atoms. The zero-order valence-electron chi connectivity index (χ0n) is 11.7. The molecule has 0 aromatic heterocycles. The highest BCUT2D eigenvalue weighted by Crippen LogP contribution is 2.13. The maximum atomic E-state index is 12.0. The van der Waals surface area contributed by atoms with Crippen LogP contribution in [0.25, 0.3) is 0 Å². The van der Waals surface area contributed by atoms with E-state index >= 15 is 0 Å². The van der Waals surface area contributed by atoms with E-state index in [-0.39, 0.29) is 12.1 Å². The number of hydrogen-bond acceptors (Lipinski definition) is 3. The number of aliphatic carboxylic acids is 1. The maximum absolute atomic E-state index is 12.0. The summed E-state index contributed by atoms with van der Waals surface area (Å²) >= 11 is 0. The number of carboxylic acid groups (broad SMARTS) is 1. The number of likely N-dealkylation sites (tertiary alicyclic amines) is 1. The van der Waals surface area contributed by atoms with Crippen LogP contribution in [-0.4, -0.2) is 53.8 Å². The predicted molar refractivity (Wildman–Crippen MR) is 71.1 cm³/mol. The van der Waals surface area contributed by atoms with Gasteiger partial charge < -0.3 is 20.1 Å². The molecule has 1 aliphatic heterocycles. The number of piperidine rings is 1. The number of carbonyl (C=O) groups is 2. The van der Waals surface area contributed by atoms with Gasteiger partial charge in [-0.15, -0.1) is 0 Å². The van der Waals surface area contributed by atoms with Crippen LogP contribution in [0.5, 0.6) is 0 Å². The summed E-state index contributed by atoms with van der Waals surface area (Å²) in [6.45, 7) is 5.69. The van der Waals surface area contributed by atoms with Crippen molar-refractivity contribution in [2.45, 2.75) is 51.7 Å². The van der Waals surface area contributed by atoms with Crippen molar-refractivity contribution >= 4 is 12.0 Å². The van der Waals surface area contributed by atoms with Crippen LogP contribution in [-0.2, 0) is 9.53 Å². The first kappa shape index (κ1) is 15.8. The lowest BCUT2D eigenvalue weighted by Crippen LogP contribution is -2.52. The fourth-order valence-electron chi connectivity index (χ4n) is 2.12. The first-order valence-corrected chi connectivity index (χ1v) is 6.98. The molecule has 110 valence electrons. The molecule has 1 heterocycles. The van der Waals surface area contributed by atoms with Crippen LogP contribution < -0.4 is 5.32 Å². The molecule has 1 saturated heterocycles. The lowest BCUT2D eigenvalue weighted by atomic mass is 10.1. The molecule has 1 aliphatic rings. The summed E-state index contributed by atoms with van der Waals surface area (Å²) in [5.74, 6) is -0.994. The molecule has 2 atom stereocenters. The van der Waals surface area contributed by atoms with Crippen molar-refractivity contribution in [3.8, 4) is 0 Å². The molecule has 0 aromatic rings. The van der Waals surface area contributed by atoms with E-state index in [9.17, 15) is 9.59 Å². The Hall–Kier alpha value is -1.30. The maximum Gasteiger partial charge on any atom is 0.326 e. The second-order valence-corrected chi connectivity index (χ2v) is 4.83. The van der Waals surface area contributed by atoms with E-state index in [2.05, 4.69) is 5.32 Å². The number of carbonyl (C=O) groups excluding carboxylic acids is 1. The fraction of sp³-hybridized carbons (Fsp3) is 0.846. The number of ether oxygens (including phenoxy) is 1. The van der Waals surface area contributed by atoms with Gasteiger partial charge in [0, 0.05) is 19.7 Å². The van der Waals surface area contributed by atoms with Crippen LogP contribution in [0.3, 0.4) is 0 Å². The zero-order valence-corrected chi connectivity index (χ0v) is 11.7. The molecule has 0 bridgehead atoms. The lowest BCUT2D eigenvalue weighted by molar-refractivity contribution is -0.139. The van der Waals surface area contributed by atoms with E-state index in [0.717, 1.165) is 19.3 Å². The molecule has 19 heavy (non-hydrogen) atoms. The Bertz CT molecular complexity index is 309. The number of urea groups is 1. The Kier molecular flexibility index (Phi) is 6.62. The zero-order chi connectivity index (χ0) is 14.3. The molecule has 0 radical (unpaired) electrons. The second kappa shape index (κ2) is 7.99. The van der Waals surface area contributed by atoms with Gasteiger partial charge in [0.15, 0.2) is 0 Å². The number of rotatable bonds is 6. The van der Waals surface area contributed by atoms with Crippen LogP contribution >= 0.6 is 0 Å². The van der Waals surface area contributed by atoms with Crippen molar-refractivity contribution in [3.63, 3.8) is 0 Å². The topological polar surface area (TPSA) is 78.9 Å². The molecule has 1 fully saturated rings. The molecule has 1 rings (SSSR count). The molecular formula is C13H24N2O4. The van der Waals surface area contributed by atoms with Crippen LogP contribution in [0.2, 0.25) is 0 Å². The molecule has 2 amide bonds. The summed E-state index contributed by atoms with van der Waals surface area (Å²) in [7, 11) is 0. The Labute approximate surface area is 114 Å². The van der Waals surface area contributed by atoms with Crippen molar-refractivity contribution in [3.05, 3.63) is 0 Å². The van der Waals surface area contributed by atoms with Crippen molar-refractivity contribution in [1.82, 2.24) is 10.2 Å². The van der Waals surface area contributed by atoms with Crippen molar-refractivity contribution in [1.29, 1.82) is 0 Å². The molecule has 0 aromatic carbocycles. The Morgan fingerprint density at radius 2 is 2.21 bits per heavy atom. The van der Waals surface area contributed by atoms with Gasteiger partial charge in [-0.1, -0.05) is 13.8 Å². The number of amides is 2.